The second-order valence-electron chi connectivity index (χ2n) is 4.31. The summed E-state index contributed by atoms with van der Waals surface area (Å²) in [5, 5.41) is 6.85. The number of rotatable bonds is 6. The number of methoxy groups -OCH3 is 1. The molecule has 0 spiro atoms. The lowest BCUT2D eigenvalue weighted by atomic mass is 9.99. The topological polar surface area (TPSA) is 33.3 Å². The Kier molecular flexibility index (Phi) is 6.68. The quantitative estimate of drug-likeness (QED) is 0.612. The van der Waals surface area contributed by atoms with Crippen molar-refractivity contribution in [2.45, 2.75) is 26.2 Å². The van der Waals surface area contributed by atoms with Crippen molar-refractivity contribution in [2.24, 2.45) is 0 Å². The minimum atomic E-state index is 0.603. The maximum Gasteiger partial charge on any atom is 0.170 e. The highest BCUT2D eigenvalue weighted by Gasteiger charge is 2.02. The van der Waals surface area contributed by atoms with Gasteiger partial charge >= 0.3 is 0 Å². The van der Waals surface area contributed by atoms with Crippen molar-refractivity contribution >= 4 is 23.0 Å². The number of anilines is 1. The molecule has 1 aromatic carbocycles. The largest absolute Gasteiger partial charge is 0.383 e. The van der Waals surface area contributed by atoms with E-state index >= 15 is 0 Å². The molecule has 1 aromatic rings. The molecule has 0 amide bonds. The Hall–Kier alpha value is -1.13. The van der Waals surface area contributed by atoms with Gasteiger partial charge < -0.3 is 15.4 Å². The van der Waals surface area contributed by atoms with Crippen LogP contribution in [0.1, 0.15) is 31.7 Å². The standard InChI is InChI=1S/C14H22N2OS/c1-4-11(2)12-5-7-13(8-6-12)16-14(18)15-9-10-17-3/h5-8,11H,4,9-10H2,1-3H3,(H2,15,16,18)/t11-/m1/s1. The van der Waals surface area contributed by atoms with Crippen LogP contribution in [0.3, 0.4) is 0 Å². The van der Waals surface area contributed by atoms with Gasteiger partial charge in [0.05, 0.1) is 6.61 Å². The molecule has 0 saturated carbocycles. The summed E-state index contributed by atoms with van der Waals surface area (Å²) in [5.41, 5.74) is 2.37. The van der Waals surface area contributed by atoms with Gasteiger partial charge in [-0.25, -0.2) is 0 Å². The van der Waals surface area contributed by atoms with E-state index in [4.69, 9.17) is 17.0 Å². The van der Waals surface area contributed by atoms with E-state index < -0.39 is 0 Å². The summed E-state index contributed by atoms with van der Waals surface area (Å²) in [5.74, 6) is 0.603. The van der Waals surface area contributed by atoms with Gasteiger partial charge in [-0.15, -0.1) is 0 Å². The summed E-state index contributed by atoms with van der Waals surface area (Å²) in [6, 6.07) is 8.42. The first kappa shape index (κ1) is 14.9. The highest BCUT2D eigenvalue weighted by molar-refractivity contribution is 7.80. The van der Waals surface area contributed by atoms with Crippen LogP contribution in [0.25, 0.3) is 0 Å². The molecular formula is C14H22N2OS. The van der Waals surface area contributed by atoms with Gasteiger partial charge in [0.25, 0.3) is 0 Å². The third-order valence-corrected chi connectivity index (χ3v) is 3.19. The SMILES string of the molecule is CC[C@@H](C)c1ccc(NC(=S)NCCOC)cc1. The molecule has 0 bridgehead atoms. The van der Waals surface area contributed by atoms with Crippen molar-refractivity contribution < 1.29 is 4.74 Å². The molecular weight excluding hydrogens is 244 g/mol. The highest BCUT2D eigenvalue weighted by Crippen LogP contribution is 2.20. The van der Waals surface area contributed by atoms with Crippen molar-refractivity contribution in [3.8, 4) is 0 Å². The minimum absolute atomic E-state index is 0.603. The summed E-state index contributed by atoms with van der Waals surface area (Å²) >= 11 is 5.18. The van der Waals surface area contributed by atoms with E-state index in [-0.39, 0.29) is 0 Å². The van der Waals surface area contributed by atoms with Crippen LogP contribution < -0.4 is 10.6 Å². The number of nitrogens with one attached hydrogen (secondary N) is 2. The molecule has 0 unspecified atom stereocenters. The molecule has 0 aliphatic rings. The Bertz CT molecular complexity index is 365. The van der Waals surface area contributed by atoms with Crippen LogP contribution in [-0.4, -0.2) is 25.4 Å². The third-order valence-electron chi connectivity index (χ3n) is 2.94. The summed E-state index contributed by atoms with van der Waals surface area (Å²) in [6.45, 7) is 5.80. The van der Waals surface area contributed by atoms with E-state index in [2.05, 4.69) is 48.7 Å². The van der Waals surface area contributed by atoms with E-state index in [9.17, 15) is 0 Å². The molecule has 18 heavy (non-hydrogen) atoms. The summed E-state index contributed by atoms with van der Waals surface area (Å²) in [4.78, 5) is 0. The average molecular weight is 266 g/mol. The maximum absolute atomic E-state index is 5.18. The Labute approximate surface area is 115 Å². The van der Waals surface area contributed by atoms with Gasteiger partial charge in [-0.2, -0.15) is 0 Å². The lowest BCUT2D eigenvalue weighted by Crippen LogP contribution is -2.31. The molecule has 0 radical (unpaired) electrons. The number of ether oxygens (including phenoxy) is 1. The molecule has 1 rings (SSSR count). The van der Waals surface area contributed by atoms with Crippen molar-refractivity contribution in [1.82, 2.24) is 5.32 Å². The fourth-order valence-corrected chi connectivity index (χ4v) is 1.79. The van der Waals surface area contributed by atoms with Crippen LogP contribution in [-0.2, 0) is 4.74 Å². The van der Waals surface area contributed by atoms with Gasteiger partial charge in [0.1, 0.15) is 0 Å². The molecule has 3 nitrogen and oxygen atoms in total. The van der Waals surface area contributed by atoms with Gasteiger partial charge in [0.15, 0.2) is 5.11 Å². The van der Waals surface area contributed by atoms with E-state index in [0.717, 1.165) is 12.1 Å². The summed E-state index contributed by atoms with van der Waals surface area (Å²) < 4.78 is 4.95. The van der Waals surface area contributed by atoms with Crippen molar-refractivity contribution in [3.05, 3.63) is 29.8 Å². The van der Waals surface area contributed by atoms with E-state index in [1.807, 2.05) is 0 Å². The molecule has 4 heteroatoms. The number of benzene rings is 1. The first-order valence-corrected chi connectivity index (χ1v) is 6.72. The summed E-state index contributed by atoms with van der Waals surface area (Å²) in [6.07, 6.45) is 1.16. The highest BCUT2D eigenvalue weighted by atomic mass is 32.1. The lowest BCUT2D eigenvalue weighted by Gasteiger charge is -2.12. The number of hydrogen-bond donors (Lipinski definition) is 2. The van der Waals surface area contributed by atoms with Crippen molar-refractivity contribution in [3.63, 3.8) is 0 Å². The molecule has 0 aromatic heterocycles. The van der Waals surface area contributed by atoms with Crippen LogP contribution in [0.2, 0.25) is 0 Å². The minimum Gasteiger partial charge on any atom is -0.383 e. The molecule has 0 aliphatic heterocycles. The normalized spacial score (nSPS) is 11.9. The second kappa shape index (κ2) is 8.06. The number of hydrogen-bond acceptors (Lipinski definition) is 2. The van der Waals surface area contributed by atoms with Crippen LogP contribution in [0.5, 0.6) is 0 Å². The molecule has 100 valence electrons. The smallest absolute Gasteiger partial charge is 0.170 e. The third kappa shape index (κ3) is 5.02. The zero-order chi connectivity index (χ0) is 13.4. The van der Waals surface area contributed by atoms with E-state index in [1.54, 1.807) is 7.11 Å². The first-order valence-electron chi connectivity index (χ1n) is 6.31. The Morgan fingerprint density at radius 3 is 2.56 bits per heavy atom. The van der Waals surface area contributed by atoms with E-state index in [1.165, 1.54) is 5.56 Å². The van der Waals surface area contributed by atoms with Crippen LogP contribution in [0, 0.1) is 0 Å². The van der Waals surface area contributed by atoms with Gasteiger partial charge in [-0.1, -0.05) is 26.0 Å². The molecule has 2 N–H and O–H groups in total. The van der Waals surface area contributed by atoms with Crippen LogP contribution in [0.4, 0.5) is 5.69 Å². The number of thiocarbonyl (C=S) groups is 1. The van der Waals surface area contributed by atoms with Gasteiger partial charge in [-0.05, 0) is 42.3 Å². The average Bonchev–Trinajstić information content (AvgIpc) is 2.39. The van der Waals surface area contributed by atoms with Crippen molar-refractivity contribution in [1.29, 1.82) is 0 Å². The molecule has 0 fully saturated rings. The monoisotopic (exact) mass is 266 g/mol. The predicted octanol–water partition coefficient (Wildman–Crippen LogP) is 3.13. The fraction of sp³-hybridized carbons (Fsp3) is 0.500. The summed E-state index contributed by atoms with van der Waals surface area (Å²) in [7, 11) is 1.67. The van der Waals surface area contributed by atoms with Gasteiger partial charge in [0, 0.05) is 19.3 Å². The predicted molar refractivity (Wildman–Crippen MR) is 81.2 cm³/mol. The second-order valence-corrected chi connectivity index (χ2v) is 4.71. The molecule has 0 aliphatic carbocycles. The molecule has 0 heterocycles. The lowest BCUT2D eigenvalue weighted by molar-refractivity contribution is 0.204. The van der Waals surface area contributed by atoms with Crippen LogP contribution >= 0.6 is 12.2 Å². The fourth-order valence-electron chi connectivity index (χ4n) is 1.57. The van der Waals surface area contributed by atoms with E-state index in [0.29, 0.717) is 24.2 Å². The first-order chi connectivity index (χ1) is 8.67. The van der Waals surface area contributed by atoms with Crippen LogP contribution in [0.15, 0.2) is 24.3 Å². The Morgan fingerprint density at radius 1 is 1.33 bits per heavy atom. The molecule has 0 saturated heterocycles. The Morgan fingerprint density at radius 2 is 2.00 bits per heavy atom. The van der Waals surface area contributed by atoms with Gasteiger partial charge in [-0.3, -0.25) is 0 Å². The van der Waals surface area contributed by atoms with Gasteiger partial charge in [0.2, 0.25) is 0 Å². The zero-order valence-corrected chi connectivity index (χ0v) is 12.1. The zero-order valence-electron chi connectivity index (χ0n) is 11.3. The Balaban J connectivity index is 2.45. The van der Waals surface area contributed by atoms with Crippen molar-refractivity contribution in [2.75, 3.05) is 25.6 Å². The maximum atomic E-state index is 5.18. The molecule has 1 atom stereocenters.